The highest BCUT2D eigenvalue weighted by Crippen LogP contribution is 2.38. The van der Waals surface area contributed by atoms with Crippen molar-refractivity contribution in [3.63, 3.8) is 0 Å². The Morgan fingerprint density at radius 2 is 1.82 bits per heavy atom. The van der Waals surface area contributed by atoms with Gasteiger partial charge in [-0.1, -0.05) is 43.3 Å². The molecule has 7 nitrogen and oxygen atoms in total. The molecule has 0 aliphatic carbocycles. The largest absolute Gasteiger partial charge is 0.497 e. The highest BCUT2D eigenvalue weighted by molar-refractivity contribution is 7.92. The number of hydrogen-bond donors (Lipinski definition) is 1. The molecule has 3 aromatic rings. The Labute approximate surface area is 200 Å². The smallest absolute Gasteiger partial charge is 0.264 e. The minimum absolute atomic E-state index is 0.0998. The van der Waals surface area contributed by atoms with E-state index in [0.717, 1.165) is 11.1 Å². The number of aryl methyl sites for hydroxylation is 1. The fourth-order valence-corrected chi connectivity index (χ4v) is 5.34. The number of carbonyl (C=O) groups is 1. The molecular weight excluding hydrogens is 452 g/mol. The second-order valence-electron chi connectivity index (χ2n) is 8.35. The molecule has 0 bridgehead atoms. The predicted molar refractivity (Wildman–Crippen MR) is 131 cm³/mol. The number of benzene rings is 3. The van der Waals surface area contributed by atoms with Gasteiger partial charge in [-0.15, -0.1) is 0 Å². The van der Waals surface area contributed by atoms with Crippen LogP contribution >= 0.6 is 0 Å². The maximum Gasteiger partial charge on any atom is 0.264 e. The molecule has 4 rings (SSSR count). The van der Waals surface area contributed by atoms with E-state index >= 15 is 0 Å². The number of rotatable bonds is 7. The summed E-state index contributed by atoms with van der Waals surface area (Å²) in [6, 6.07) is 21.3. The van der Waals surface area contributed by atoms with Gasteiger partial charge in [0.2, 0.25) is 0 Å². The lowest BCUT2D eigenvalue weighted by Crippen LogP contribution is -2.51. The Bertz CT molecular complexity index is 1260. The van der Waals surface area contributed by atoms with Gasteiger partial charge in [-0.25, -0.2) is 8.42 Å². The van der Waals surface area contributed by atoms with Gasteiger partial charge < -0.3 is 14.8 Å². The van der Waals surface area contributed by atoms with E-state index in [0.29, 0.717) is 23.7 Å². The first kappa shape index (κ1) is 23.6. The second-order valence-corrected chi connectivity index (χ2v) is 10.2. The molecule has 0 aromatic heterocycles. The van der Waals surface area contributed by atoms with Crippen LogP contribution in [0.3, 0.4) is 0 Å². The molecule has 178 valence electrons. The van der Waals surface area contributed by atoms with E-state index in [1.54, 1.807) is 24.3 Å². The van der Waals surface area contributed by atoms with Crippen LogP contribution in [0.15, 0.2) is 77.7 Å². The summed E-state index contributed by atoms with van der Waals surface area (Å²) < 4.78 is 39.5. The summed E-state index contributed by atoms with van der Waals surface area (Å²) in [5.41, 5.74) is 2.41. The van der Waals surface area contributed by atoms with Crippen molar-refractivity contribution in [2.24, 2.45) is 0 Å². The summed E-state index contributed by atoms with van der Waals surface area (Å²) in [6.45, 7) is 4.18. The first-order chi connectivity index (χ1) is 16.3. The maximum atomic E-state index is 13.6. The molecule has 34 heavy (non-hydrogen) atoms. The number of methoxy groups -OCH3 is 1. The Kier molecular flexibility index (Phi) is 6.79. The van der Waals surface area contributed by atoms with Crippen molar-refractivity contribution in [2.45, 2.75) is 30.8 Å². The molecule has 1 aliphatic heterocycles. The number of hydrogen-bond acceptors (Lipinski definition) is 5. The SMILES string of the molecule is COc1ccc(S(=O)(=O)N2C[C@H](C(=O)NC[C@@H](C)c3ccccc3)Oc3ccc(C)cc32)cc1. The Morgan fingerprint density at radius 3 is 2.50 bits per heavy atom. The van der Waals surface area contributed by atoms with Gasteiger partial charge in [-0.2, -0.15) is 0 Å². The fraction of sp³-hybridized carbons (Fsp3) is 0.269. The number of nitrogens with zero attached hydrogens (tertiary/aromatic N) is 1. The van der Waals surface area contributed by atoms with Crippen LogP contribution in [0.1, 0.15) is 24.0 Å². The van der Waals surface area contributed by atoms with Crippen LogP contribution in [0.25, 0.3) is 0 Å². The Morgan fingerprint density at radius 1 is 1.12 bits per heavy atom. The average Bonchev–Trinajstić information content (AvgIpc) is 2.86. The molecule has 3 aromatic carbocycles. The Balaban J connectivity index is 1.58. The summed E-state index contributed by atoms with van der Waals surface area (Å²) >= 11 is 0. The van der Waals surface area contributed by atoms with Crippen molar-refractivity contribution >= 4 is 21.6 Å². The number of nitrogens with one attached hydrogen (secondary N) is 1. The van der Waals surface area contributed by atoms with Crippen LogP contribution in [0.5, 0.6) is 11.5 Å². The summed E-state index contributed by atoms with van der Waals surface area (Å²) in [7, 11) is -2.42. The zero-order chi connectivity index (χ0) is 24.3. The van der Waals surface area contributed by atoms with Crippen LogP contribution in [-0.4, -0.2) is 40.6 Å². The van der Waals surface area contributed by atoms with Gasteiger partial charge in [-0.05, 0) is 60.4 Å². The molecule has 0 unspecified atom stereocenters. The minimum atomic E-state index is -3.94. The van der Waals surface area contributed by atoms with Gasteiger partial charge in [0.05, 0.1) is 24.2 Å². The fourth-order valence-electron chi connectivity index (χ4n) is 3.87. The quantitative estimate of drug-likeness (QED) is 0.555. The predicted octanol–water partition coefficient (Wildman–Crippen LogP) is 3.88. The monoisotopic (exact) mass is 480 g/mol. The number of carbonyl (C=O) groups excluding carboxylic acids is 1. The van der Waals surface area contributed by atoms with Gasteiger partial charge in [0.1, 0.15) is 11.5 Å². The van der Waals surface area contributed by atoms with E-state index in [1.807, 2.05) is 50.2 Å². The average molecular weight is 481 g/mol. The molecule has 8 heteroatoms. The van der Waals surface area contributed by atoms with E-state index < -0.39 is 16.1 Å². The van der Waals surface area contributed by atoms with Crippen molar-refractivity contribution in [3.8, 4) is 11.5 Å². The highest BCUT2D eigenvalue weighted by atomic mass is 32.2. The van der Waals surface area contributed by atoms with Crippen LogP contribution in [0, 0.1) is 6.92 Å². The third-order valence-corrected chi connectivity index (χ3v) is 7.67. The van der Waals surface area contributed by atoms with Gasteiger partial charge in [0, 0.05) is 6.54 Å². The number of amides is 1. The van der Waals surface area contributed by atoms with Crippen molar-refractivity contribution in [1.82, 2.24) is 5.32 Å². The molecule has 0 spiro atoms. The molecule has 0 radical (unpaired) electrons. The first-order valence-corrected chi connectivity index (χ1v) is 12.5. The zero-order valence-corrected chi connectivity index (χ0v) is 20.2. The molecule has 1 aliphatic rings. The molecule has 2 atom stereocenters. The van der Waals surface area contributed by atoms with Gasteiger partial charge in [-0.3, -0.25) is 9.10 Å². The maximum absolute atomic E-state index is 13.6. The summed E-state index contributed by atoms with van der Waals surface area (Å²) in [5, 5.41) is 2.92. The normalized spacial score (nSPS) is 16.2. The minimum Gasteiger partial charge on any atom is -0.497 e. The standard InChI is InChI=1S/C26H28N2O5S/c1-18-9-14-24-23(15-18)28(34(30,31)22-12-10-21(32-3)11-13-22)17-25(33-24)26(29)27-16-19(2)20-7-5-4-6-8-20/h4-15,19,25H,16-17H2,1-3H3,(H,27,29)/t19-,25-/m1/s1. The van der Waals surface area contributed by atoms with E-state index in [4.69, 9.17) is 9.47 Å². The molecule has 1 amide bonds. The van der Waals surface area contributed by atoms with Crippen molar-refractivity contribution < 1.29 is 22.7 Å². The Hall–Kier alpha value is -3.52. The van der Waals surface area contributed by atoms with Crippen LogP contribution in [-0.2, 0) is 14.8 Å². The van der Waals surface area contributed by atoms with E-state index in [2.05, 4.69) is 5.32 Å². The lowest BCUT2D eigenvalue weighted by Gasteiger charge is -2.35. The third kappa shape index (κ3) is 4.87. The van der Waals surface area contributed by atoms with Gasteiger partial charge in [0.15, 0.2) is 6.10 Å². The summed E-state index contributed by atoms with van der Waals surface area (Å²) in [5.74, 6) is 0.652. The summed E-state index contributed by atoms with van der Waals surface area (Å²) in [6.07, 6.45) is -0.980. The van der Waals surface area contributed by atoms with Crippen molar-refractivity contribution in [3.05, 3.63) is 83.9 Å². The van der Waals surface area contributed by atoms with Crippen LogP contribution in [0.4, 0.5) is 5.69 Å². The van der Waals surface area contributed by atoms with Crippen LogP contribution in [0.2, 0.25) is 0 Å². The third-order valence-electron chi connectivity index (χ3n) is 5.87. The molecule has 1 N–H and O–H groups in total. The lowest BCUT2D eigenvalue weighted by molar-refractivity contribution is -0.127. The van der Waals surface area contributed by atoms with Gasteiger partial charge >= 0.3 is 0 Å². The number of anilines is 1. The molecule has 1 heterocycles. The first-order valence-electron chi connectivity index (χ1n) is 11.1. The van der Waals surface area contributed by atoms with Crippen molar-refractivity contribution in [2.75, 3.05) is 24.5 Å². The summed E-state index contributed by atoms with van der Waals surface area (Å²) in [4.78, 5) is 13.1. The molecule has 0 fully saturated rings. The molecule has 0 saturated heterocycles. The highest BCUT2D eigenvalue weighted by Gasteiger charge is 2.37. The number of fused-ring (bicyclic) bond motifs is 1. The number of sulfonamides is 1. The van der Waals surface area contributed by atoms with Gasteiger partial charge in [0.25, 0.3) is 15.9 Å². The molecule has 0 saturated carbocycles. The van der Waals surface area contributed by atoms with E-state index in [1.165, 1.54) is 23.5 Å². The van der Waals surface area contributed by atoms with Crippen molar-refractivity contribution in [1.29, 1.82) is 0 Å². The topological polar surface area (TPSA) is 84.9 Å². The van der Waals surface area contributed by atoms with Crippen LogP contribution < -0.4 is 19.1 Å². The number of ether oxygens (including phenoxy) is 2. The van der Waals surface area contributed by atoms with E-state index in [9.17, 15) is 13.2 Å². The molecular formula is C26H28N2O5S. The zero-order valence-electron chi connectivity index (χ0n) is 19.4. The second kappa shape index (κ2) is 9.77. The lowest BCUT2D eigenvalue weighted by atomic mass is 10.0. The van der Waals surface area contributed by atoms with E-state index in [-0.39, 0.29) is 23.3 Å².